The Labute approximate surface area is 110 Å². The molecule has 5 heteroatoms. The molecule has 5 nitrogen and oxygen atoms in total. The minimum atomic E-state index is 0.607. The Morgan fingerprint density at radius 1 is 1.50 bits per heavy atom. The predicted molar refractivity (Wildman–Crippen MR) is 72.2 cm³/mol. The first kappa shape index (κ1) is 13.5. The highest BCUT2D eigenvalue weighted by Crippen LogP contribution is 2.11. The van der Waals surface area contributed by atoms with Crippen molar-refractivity contribution in [2.24, 2.45) is 5.92 Å². The zero-order valence-electron chi connectivity index (χ0n) is 11.8. The molecule has 0 aromatic carbocycles. The van der Waals surface area contributed by atoms with Crippen LogP contribution < -0.4 is 5.32 Å². The Bertz CT molecular complexity index is 360. The van der Waals surface area contributed by atoms with E-state index in [4.69, 9.17) is 0 Å². The van der Waals surface area contributed by atoms with Gasteiger partial charge in [-0.15, -0.1) is 0 Å². The third-order valence-electron chi connectivity index (χ3n) is 3.52. The summed E-state index contributed by atoms with van der Waals surface area (Å²) in [6.45, 7) is 11.8. The van der Waals surface area contributed by atoms with Crippen LogP contribution >= 0.6 is 0 Å². The molecule has 0 spiro atoms. The summed E-state index contributed by atoms with van der Waals surface area (Å²) < 4.78 is 2.05. The SMILES string of the molecule is CCC1CNCCN1Cc1ncnn1CC(C)C. The third-order valence-corrected chi connectivity index (χ3v) is 3.52. The van der Waals surface area contributed by atoms with Gasteiger partial charge in [0, 0.05) is 32.2 Å². The average molecular weight is 251 g/mol. The van der Waals surface area contributed by atoms with Gasteiger partial charge in [-0.1, -0.05) is 20.8 Å². The van der Waals surface area contributed by atoms with E-state index in [0.717, 1.165) is 38.5 Å². The molecule has 1 aromatic rings. The molecular weight excluding hydrogens is 226 g/mol. The van der Waals surface area contributed by atoms with Gasteiger partial charge in [-0.05, 0) is 12.3 Å². The van der Waals surface area contributed by atoms with Crippen molar-refractivity contribution in [1.82, 2.24) is 25.0 Å². The predicted octanol–water partition coefficient (Wildman–Crippen LogP) is 1.12. The van der Waals surface area contributed by atoms with E-state index in [1.54, 1.807) is 6.33 Å². The van der Waals surface area contributed by atoms with Crippen LogP contribution in [0.2, 0.25) is 0 Å². The number of nitrogens with one attached hydrogen (secondary N) is 1. The van der Waals surface area contributed by atoms with Gasteiger partial charge >= 0.3 is 0 Å². The molecule has 0 amide bonds. The normalized spacial score (nSPS) is 21.7. The van der Waals surface area contributed by atoms with Crippen LogP contribution in [0.5, 0.6) is 0 Å². The van der Waals surface area contributed by atoms with Gasteiger partial charge < -0.3 is 5.32 Å². The Morgan fingerprint density at radius 3 is 3.06 bits per heavy atom. The second-order valence-corrected chi connectivity index (χ2v) is 5.49. The Balaban J connectivity index is 2.01. The summed E-state index contributed by atoms with van der Waals surface area (Å²) in [6.07, 6.45) is 2.87. The lowest BCUT2D eigenvalue weighted by molar-refractivity contribution is 0.142. The molecule has 1 aliphatic heterocycles. The molecule has 1 aromatic heterocycles. The summed E-state index contributed by atoms with van der Waals surface area (Å²) >= 11 is 0. The maximum absolute atomic E-state index is 4.42. The van der Waals surface area contributed by atoms with Crippen LogP contribution in [0.25, 0.3) is 0 Å². The molecule has 0 radical (unpaired) electrons. The fraction of sp³-hybridized carbons (Fsp3) is 0.846. The van der Waals surface area contributed by atoms with E-state index in [2.05, 4.69) is 45.8 Å². The Kier molecular flexibility index (Phi) is 4.72. The second-order valence-electron chi connectivity index (χ2n) is 5.49. The molecular formula is C13H25N5. The number of hydrogen-bond acceptors (Lipinski definition) is 4. The van der Waals surface area contributed by atoms with Gasteiger partial charge in [-0.3, -0.25) is 4.90 Å². The average Bonchev–Trinajstić information content (AvgIpc) is 2.76. The van der Waals surface area contributed by atoms with Gasteiger partial charge in [0.15, 0.2) is 0 Å². The van der Waals surface area contributed by atoms with Crippen LogP contribution in [0.3, 0.4) is 0 Å². The summed E-state index contributed by atoms with van der Waals surface area (Å²) in [5, 5.41) is 7.79. The van der Waals surface area contributed by atoms with E-state index in [-0.39, 0.29) is 0 Å². The van der Waals surface area contributed by atoms with Crippen LogP contribution in [0.1, 0.15) is 33.0 Å². The van der Waals surface area contributed by atoms with Crippen LogP contribution in [-0.2, 0) is 13.1 Å². The Hall–Kier alpha value is -0.940. The molecule has 1 unspecified atom stereocenters. The minimum absolute atomic E-state index is 0.607. The zero-order chi connectivity index (χ0) is 13.0. The van der Waals surface area contributed by atoms with E-state index < -0.39 is 0 Å². The number of nitrogens with zero attached hydrogens (tertiary/aromatic N) is 4. The molecule has 102 valence electrons. The third kappa shape index (κ3) is 3.29. The highest BCUT2D eigenvalue weighted by atomic mass is 15.4. The second kappa shape index (κ2) is 6.29. The monoisotopic (exact) mass is 251 g/mol. The molecule has 1 fully saturated rings. The largest absolute Gasteiger partial charge is 0.314 e. The van der Waals surface area contributed by atoms with Crippen molar-refractivity contribution in [2.45, 2.75) is 46.3 Å². The van der Waals surface area contributed by atoms with Crippen LogP contribution in [0, 0.1) is 5.92 Å². The molecule has 0 aliphatic carbocycles. The first-order chi connectivity index (χ1) is 8.70. The standard InChI is InChI=1S/C13H25N5/c1-4-12-7-14-5-6-17(12)9-13-15-10-16-18(13)8-11(2)3/h10-12,14H,4-9H2,1-3H3. The molecule has 1 atom stereocenters. The minimum Gasteiger partial charge on any atom is -0.314 e. The highest BCUT2D eigenvalue weighted by Gasteiger charge is 2.22. The van der Waals surface area contributed by atoms with E-state index in [9.17, 15) is 0 Å². The fourth-order valence-corrected chi connectivity index (χ4v) is 2.50. The van der Waals surface area contributed by atoms with Gasteiger partial charge in [0.05, 0.1) is 6.54 Å². The smallest absolute Gasteiger partial charge is 0.141 e. The topological polar surface area (TPSA) is 46.0 Å². The van der Waals surface area contributed by atoms with Gasteiger partial charge in [0.1, 0.15) is 12.2 Å². The molecule has 1 saturated heterocycles. The van der Waals surface area contributed by atoms with Crippen LogP contribution in [0.4, 0.5) is 0 Å². The van der Waals surface area contributed by atoms with E-state index in [1.807, 2.05) is 0 Å². The summed E-state index contributed by atoms with van der Waals surface area (Å²) in [4.78, 5) is 6.95. The maximum Gasteiger partial charge on any atom is 0.141 e. The quantitative estimate of drug-likeness (QED) is 0.852. The number of hydrogen-bond donors (Lipinski definition) is 1. The van der Waals surface area contributed by atoms with Crippen molar-refractivity contribution in [3.63, 3.8) is 0 Å². The lowest BCUT2D eigenvalue weighted by atomic mass is 10.1. The van der Waals surface area contributed by atoms with E-state index in [1.165, 1.54) is 6.42 Å². The van der Waals surface area contributed by atoms with Gasteiger partial charge in [0.25, 0.3) is 0 Å². The number of aromatic nitrogens is 3. The number of rotatable bonds is 5. The van der Waals surface area contributed by atoms with Gasteiger partial charge in [-0.25, -0.2) is 9.67 Å². The summed E-state index contributed by atoms with van der Waals surface area (Å²) in [5.74, 6) is 1.71. The summed E-state index contributed by atoms with van der Waals surface area (Å²) in [7, 11) is 0. The van der Waals surface area contributed by atoms with Crippen molar-refractivity contribution in [2.75, 3.05) is 19.6 Å². The Morgan fingerprint density at radius 2 is 2.33 bits per heavy atom. The van der Waals surface area contributed by atoms with Crippen molar-refractivity contribution >= 4 is 0 Å². The lowest BCUT2D eigenvalue weighted by Crippen LogP contribution is -2.50. The lowest BCUT2D eigenvalue weighted by Gasteiger charge is -2.35. The molecule has 1 N–H and O–H groups in total. The molecule has 18 heavy (non-hydrogen) atoms. The van der Waals surface area contributed by atoms with Crippen molar-refractivity contribution in [3.05, 3.63) is 12.2 Å². The van der Waals surface area contributed by atoms with E-state index in [0.29, 0.717) is 12.0 Å². The maximum atomic E-state index is 4.42. The molecule has 0 saturated carbocycles. The van der Waals surface area contributed by atoms with Gasteiger partial charge in [-0.2, -0.15) is 5.10 Å². The molecule has 2 rings (SSSR count). The first-order valence-electron chi connectivity index (χ1n) is 7.02. The van der Waals surface area contributed by atoms with Crippen molar-refractivity contribution in [3.8, 4) is 0 Å². The van der Waals surface area contributed by atoms with Gasteiger partial charge in [0.2, 0.25) is 0 Å². The van der Waals surface area contributed by atoms with Crippen molar-refractivity contribution < 1.29 is 0 Å². The molecule has 0 bridgehead atoms. The summed E-state index contributed by atoms with van der Waals surface area (Å²) in [5.41, 5.74) is 0. The van der Waals surface area contributed by atoms with Crippen molar-refractivity contribution in [1.29, 1.82) is 0 Å². The van der Waals surface area contributed by atoms with E-state index >= 15 is 0 Å². The first-order valence-corrected chi connectivity index (χ1v) is 7.02. The highest BCUT2D eigenvalue weighted by molar-refractivity contribution is 4.89. The molecule has 2 heterocycles. The van der Waals surface area contributed by atoms with Crippen LogP contribution in [0.15, 0.2) is 6.33 Å². The van der Waals surface area contributed by atoms with Crippen LogP contribution in [-0.4, -0.2) is 45.3 Å². The molecule has 1 aliphatic rings. The number of piperazine rings is 1. The zero-order valence-corrected chi connectivity index (χ0v) is 11.8. The summed E-state index contributed by atoms with van der Waals surface area (Å²) in [6, 6.07) is 0.628. The fourth-order valence-electron chi connectivity index (χ4n) is 2.50.